The van der Waals surface area contributed by atoms with E-state index in [2.05, 4.69) is 34.5 Å². The zero-order valence-electron chi connectivity index (χ0n) is 12.4. The van der Waals surface area contributed by atoms with Crippen molar-refractivity contribution >= 4 is 11.7 Å². The first-order chi connectivity index (χ1) is 8.95. The van der Waals surface area contributed by atoms with Crippen molar-refractivity contribution in [2.24, 2.45) is 0 Å². The van der Waals surface area contributed by atoms with E-state index in [0.717, 1.165) is 11.3 Å². The summed E-state index contributed by atoms with van der Waals surface area (Å²) in [5.41, 5.74) is 2.32. The number of benzene rings is 1. The quantitative estimate of drug-likeness (QED) is 0.801. The minimum Gasteiger partial charge on any atom is -0.465 e. The summed E-state index contributed by atoms with van der Waals surface area (Å²) in [6.45, 7) is 6.09. The number of hydrogen-bond donors (Lipinski definition) is 1. The number of anilines is 1. The van der Waals surface area contributed by atoms with E-state index in [0.29, 0.717) is 6.61 Å². The molecule has 0 aliphatic carbocycles. The molecule has 4 nitrogen and oxygen atoms in total. The molecule has 0 aliphatic heterocycles. The third-order valence-electron chi connectivity index (χ3n) is 3.05. The smallest absolute Gasteiger partial charge is 0.322 e. The van der Waals surface area contributed by atoms with Crippen LogP contribution in [0.5, 0.6) is 0 Å². The molecule has 0 aliphatic rings. The molecule has 106 valence electrons. The summed E-state index contributed by atoms with van der Waals surface area (Å²) < 4.78 is 4.98. The van der Waals surface area contributed by atoms with Crippen molar-refractivity contribution in [3.63, 3.8) is 0 Å². The monoisotopic (exact) mass is 264 g/mol. The second-order valence-corrected chi connectivity index (χ2v) is 4.85. The van der Waals surface area contributed by atoms with E-state index in [1.807, 2.05) is 34.9 Å². The molecule has 2 unspecified atom stereocenters. The normalized spacial score (nSPS) is 13.7. The fourth-order valence-corrected chi connectivity index (χ4v) is 1.87. The topological polar surface area (TPSA) is 41.6 Å². The highest BCUT2D eigenvalue weighted by Gasteiger charge is 2.17. The summed E-state index contributed by atoms with van der Waals surface area (Å²) in [7, 11) is 4.03. The lowest BCUT2D eigenvalue weighted by molar-refractivity contribution is -0.145. The van der Waals surface area contributed by atoms with Crippen molar-refractivity contribution in [2.75, 3.05) is 25.6 Å². The summed E-state index contributed by atoms with van der Waals surface area (Å²) in [4.78, 5) is 13.6. The van der Waals surface area contributed by atoms with Gasteiger partial charge in [0.15, 0.2) is 0 Å². The van der Waals surface area contributed by atoms with Crippen molar-refractivity contribution in [1.29, 1.82) is 0 Å². The summed E-state index contributed by atoms with van der Waals surface area (Å²) in [5.74, 6) is -0.209. The Kier molecular flexibility index (Phi) is 5.83. The summed E-state index contributed by atoms with van der Waals surface area (Å²) in [5, 5.41) is 3.24. The third kappa shape index (κ3) is 4.56. The first-order valence-corrected chi connectivity index (χ1v) is 6.65. The van der Waals surface area contributed by atoms with Gasteiger partial charge in [-0.15, -0.1) is 0 Å². The maximum Gasteiger partial charge on any atom is 0.322 e. The number of hydrogen-bond acceptors (Lipinski definition) is 4. The van der Waals surface area contributed by atoms with Crippen LogP contribution in [0, 0.1) is 0 Å². The van der Waals surface area contributed by atoms with Gasteiger partial charge in [0.05, 0.1) is 6.61 Å². The second kappa shape index (κ2) is 7.14. The first kappa shape index (κ1) is 15.5. The van der Waals surface area contributed by atoms with E-state index in [1.165, 1.54) is 0 Å². The molecule has 1 aromatic rings. The predicted octanol–water partition coefficient (Wildman–Crippen LogP) is 2.35. The minimum atomic E-state index is -0.302. The number of nitrogens with one attached hydrogen (secondary N) is 1. The second-order valence-electron chi connectivity index (χ2n) is 4.85. The van der Waals surface area contributed by atoms with Crippen molar-refractivity contribution in [3.05, 3.63) is 29.8 Å². The molecule has 1 N–H and O–H groups in total. The van der Waals surface area contributed by atoms with Crippen molar-refractivity contribution in [1.82, 2.24) is 5.32 Å². The first-order valence-electron chi connectivity index (χ1n) is 6.65. The Labute approximate surface area is 115 Å². The number of carbonyl (C=O) groups excluding carboxylic acids is 1. The Morgan fingerprint density at radius 1 is 1.26 bits per heavy atom. The number of nitrogens with zero attached hydrogens (tertiary/aromatic N) is 1. The Balaban J connectivity index is 2.62. The molecule has 2 atom stereocenters. The maximum absolute atomic E-state index is 11.6. The molecule has 0 radical (unpaired) electrons. The molecule has 0 saturated heterocycles. The molecule has 1 aromatic carbocycles. The zero-order chi connectivity index (χ0) is 14.4. The van der Waals surface area contributed by atoms with Crippen LogP contribution in [-0.4, -0.2) is 32.7 Å². The van der Waals surface area contributed by atoms with Crippen LogP contribution in [-0.2, 0) is 9.53 Å². The number of rotatable bonds is 6. The van der Waals surface area contributed by atoms with Crippen LogP contribution >= 0.6 is 0 Å². The van der Waals surface area contributed by atoms with Crippen LogP contribution in [0.15, 0.2) is 24.3 Å². The Bertz CT molecular complexity index is 401. The highest BCUT2D eigenvalue weighted by atomic mass is 16.5. The third-order valence-corrected chi connectivity index (χ3v) is 3.05. The molecule has 0 amide bonds. The Morgan fingerprint density at radius 2 is 1.84 bits per heavy atom. The van der Waals surface area contributed by atoms with Crippen LogP contribution < -0.4 is 10.2 Å². The highest BCUT2D eigenvalue weighted by Crippen LogP contribution is 2.18. The van der Waals surface area contributed by atoms with Crippen LogP contribution in [0.3, 0.4) is 0 Å². The van der Waals surface area contributed by atoms with Crippen LogP contribution in [0.4, 0.5) is 5.69 Å². The van der Waals surface area contributed by atoms with Gasteiger partial charge >= 0.3 is 5.97 Å². The number of carbonyl (C=O) groups is 1. The average molecular weight is 264 g/mol. The fourth-order valence-electron chi connectivity index (χ4n) is 1.87. The Morgan fingerprint density at radius 3 is 2.32 bits per heavy atom. The van der Waals surface area contributed by atoms with Gasteiger partial charge in [-0.3, -0.25) is 10.1 Å². The SMILES string of the molecule is CCOC(=O)C(C)NC(C)c1ccc(N(C)C)cc1. The van der Waals surface area contributed by atoms with Gasteiger partial charge in [0, 0.05) is 25.8 Å². The van der Waals surface area contributed by atoms with Gasteiger partial charge < -0.3 is 9.64 Å². The molecule has 1 rings (SSSR count). The van der Waals surface area contributed by atoms with E-state index in [1.54, 1.807) is 0 Å². The molecule has 0 aromatic heterocycles. The van der Waals surface area contributed by atoms with Crippen molar-refractivity contribution in [2.45, 2.75) is 32.9 Å². The van der Waals surface area contributed by atoms with E-state index in [4.69, 9.17) is 4.74 Å². The van der Waals surface area contributed by atoms with Gasteiger partial charge in [-0.25, -0.2) is 0 Å². The summed E-state index contributed by atoms with van der Waals surface area (Å²) >= 11 is 0. The molecular weight excluding hydrogens is 240 g/mol. The standard InChI is InChI=1S/C15H24N2O2/c1-6-19-15(18)12(3)16-11(2)13-7-9-14(10-8-13)17(4)5/h7-12,16H,6H2,1-5H3. The molecular formula is C15H24N2O2. The summed E-state index contributed by atoms with van der Waals surface area (Å²) in [6, 6.07) is 8.10. The number of ether oxygens (including phenoxy) is 1. The molecule has 0 spiro atoms. The highest BCUT2D eigenvalue weighted by molar-refractivity contribution is 5.75. The predicted molar refractivity (Wildman–Crippen MR) is 78.4 cm³/mol. The molecule has 19 heavy (non-hydrogen) atoms. The van der Waals surface area contributed by atoms with Crippen LogP contribution in [0.25, 0.3) is 0 Å². The van der Waals surface area contributed by atoms with Crippen molar-refractivity contribution in [3.8, 4) is 0 Å². The van der Waals surface area contributed by atoms with E-state index in [-0.39, 0.29) is 18.1 Å². The molecule has 0 heterocycles. The van der Waals surface area contributed by atoms with Gasteiger partial charge in [-0.05, 0) is 38.5 Å². The lowest BCUT2D eigenvalue weighted by Gasteiger charge is -2.20. The van der Waals surface area contributed by atoms with Gasteiger partial charge in [-0.1, -0.05) is 12.1 Å². The van der Waals surface area contributed by atoms with Crippen molar-refractivity contribution < 1.29 is 9.53 Å². The number of esters is 1. The Hall–Kier alpha value is -1.55. The molecule has 0 saturated carbocycles. The van der Waals surface area contributed by atoms with Crippen LogP contribution in [0.2, 0.25) is 0 Å². The summed E-state index contributed by atoms with van der Waals surface area (Å²) in [6.07, 6.45) is 0. The fraction of sp³-hybridized carbons (Fsp3) is 0.533. The lowest BCUT2D eigenvalue weighted by Crippen LogP contribution is -2.37. The maximum atomic E-state index is 11.6. The zero-order valence-corrected chi connectivity index (χ0v) is 12.4. The molecule has 0 bridgehead atoms. The minimum absolute atomic E-state index is 0.107. The van der Waals surface area contributed by atoms with Gasteiger partial charge in [0.1, 0.15) is 6.04 Å². The van der Waals surface area contributed by atoms with Gasteiger partial charge in [0.2, 0.25) is 0 Å². The lowest BCUT2D eigenvalue weighted by atomic mass is 10.1. The van der Waals surface area contributed by atoms with Gasteiger partial charge in [-0.2, -0.15) is 0 Å². The van der Waals surface area contributed by atoms with E-state index in [9.17, 15) is 4.79 Å². The largest absolute Gasteiger partial charge is 0.465 e. The van der Waals surface area contributed by atoms with Gasteiger partial charge in [0.25, 0.3) is 0 Å². The van der Waals surface area contributed by atoms with E-state index < -0.39 is 0 Å². The van der Waals surface area contributed by atoms with E-state index >= 15 is 0 Å². The van der Waals surface area contributed by atoms with Crippen LogP contribution in [0.1, 0.15) is 32.4 Å². The molecule has 0 fully saturated rings. The average Bonchev–Trinajstić information content (AvgIpc) is 2.38. The molecule has 4 heteroatoms.